The molecule has 5 nitrogen and oxygen atoms in total. The van der Waals surface area contributed by atoms with Crippen LogP contribution < -0.4 is 19.5 Å². The highest BCUT2D eigenvalue weighted by Gasteiger charge is 2.28. The van der Waals surface area contributed by atoms with Crippen molar-refractivity contribution < 1.29 is 23.9 Å². The monoisotopic (exact) mass is 362 g/mol. The van der Waals surface area contributed by atoms with Crippen LogP contribution in [0.1, 0.15) is 44.3 Å². The smallest absolute Gasteiger partial charge is 0.203 e. The van der Waals surface area contributed by atoms with Gasteiger partial charge in [-0.05, 0) is 38.1 Å². The van der Waals surface area contributed by atoms with Gasteiger partial charge in [-0.2, -0.15) is 0 Å². The molecule has 0 aliphatic carbocycles. The predicted octanol–water partition coefficient (Wildman–Crippen LogP) is 3.43. The Morgan fingerprint density at radius 2 is 1.65 bits per heavy atom. The summed E-state index contributed by atoms with van der Waals surface area (Å²) in [6, 6.07) is 8.56. The number of benzene rings is 1. The molecule has 0 aliphatic rings. The number of rotatable bonds is 9. The van der Waals surface area contributed by atoms with E-state index in [-0.39, 0.29) is 5.41 Å². The highest BCUT2D eigenvalue weighted by molar-refractivity contribution is 5.53. The first-order chi connectivity index (χ1) is 12.3. The number of furan rings is 1. The van der Waals surface area contributed by atoms with Crippen molar-refractivity contribution >= 4 is 0 Å². The molecule has 144 valence electrons. The van der Waals surface area contributed by atoms with Gasteiger partial charge in [-0.15, -0.1) is 0 Å². The number of hydrogen-bond acceptors (Lipinski definition) is 4. The Bertz CT molecular complexity index is 696. The first-order valence-electron chi connectivity index (χ1n) is 9.00. The van der Waals surface area contributed by atoms with Gasteiger partial charge >= 0.3 is 0 Å². The third-order valence-electron chi connectivity index (χ3n) is 4.72. The average molecular weight is 362 g/mol. The molecule has 1 aromatic carbocycles. The van der Waals surface area contributed by atoms with Crippen LogP contribution in [0.5, 0.6) is 17.2 Å². The van der Waals surface area contributed by atoms with Crippen LogP contribution in [0.2, 0.25) is 0 Å². The molecule has 0 unspecified atom stereocenters. The zero-order valence-corrected chi connectivity index (χ0v) is 17.0. The van der Waals surface area contributed by atoms with E-state index < -0.39 is 0 Å². The fourth-order valence-corrected chi connectivity index (χ4v) is 3.38. The topological polar surface area (TPSA) is 57.4 Å². The zero-order valence-electron chi connectivity index (χ0n) is 17.0. The Balaban J connectivity index is 2.03. The molecule has 1 heterocycles. The minimum atomic E-state index is -0.000531. The Hall–Kier alpha value is -2.14. The Labute approximate surface area is 156 Å². The maximum Gasteiger partial charge on any atom is 0.203 e. The van der Waals surface area contributed by atoms with Gasteiger partial charge in [0.25, 0.3) is 0 Å². The lowest BCUT2D eigenvalue weighted by Crippen LogP contribution is -2.88. The van der Waals surface area contributed by atoms with E-state index in [4.69, 9.17) is 18.6 Å². The second-order valence-electron chi connectivity index (χ2n) is 7.45. The Morgan fingerprint density at radius 3 is 2.12 bits per heavy atom. The molecule has 26 heavy (non-hydrogen) atoms. The molecule has 2 N–H and O–H groups in total. The predicted molar refractivity (Wildman–Crippen MR) is 102 cm³/mol. The average Bonchev–Trinajstić information content (AvgIpc) is 3.06. The van der Waals surface area contributed by atoms with Gasteiger partial charge in [-0.1, -0.05) is 13.8 Å². The minimum absolute atomic E-state index is 0.000531. The Kier molecular flexibility index (Phi) is 6.59. The van der Waals surface area contributed by atoms with E-state index in [1.54, 1.807) is 21.3 Å². The first-order valence-corrected chi connectivity index (χ1v) is 9.00. The van der Waals surface area contributed by atoms with Crippen LogP contribution in [0.15, 0.2) is 28.7 Å². The van der Waals surface area contributed by atoms with E-state index in [0.29, 0.717) is 23.3 Å². The molecular formula is C21H32NO4+. The van der Waals surface area contributed by atoms with Crippen molar-refractivity contribution in [3.63, 3.8) is 0 Å². The molecule has 1 atom stereocenters. The summed E-state index contributed by atoms with van der Waals surface area (Å²) in [5, 5.41) is 2.33. The molecule has 5 heteroatoms. The maximum atomic E-state index is 5.84. The van der Waals surface area contributed by atoms with Crippen molar-refractivity contribution in [2.24, 2.45) is 0 Å². The molecular weight excluding hydrogens is 330 g/mol. The van der Waals surface area contributed by atoms with E-state index in [9.17, 15) is 0 Å². The summed E-state index contributed by atoms with van der Waals surface area (Å²) in [4.78, 5) is 0. The van der Waals surface area contributed by atoms with E-state index >= 15 is 0 Å². The molecule has 0 amide bonds. The summed E-state index contributed by atoms with van der Waals surface area (Å²) >= 11 is 0. The van der Waals surface area contributed by atoms with Crippen molar-refractivity contribution in [2.45, 2.75) is 52.1 Å². The molecule has 2 rings (SSSR count). The van der Waals surface area contributed by atoms with Crippen molar-refractivity contribution in [3.8, 4) is 17.2 Å². The largest absolute Gasteiger partial charge is 0.493 e. The number of aryl methyl sites for hydroxylation is 1. The minimum Gasteiger partial charge on any atom is -0.493 e. The lowest BCUT2D eigenvalue weighted by Gasteiger charge is -2.25. The summed E-state index contributed by atoms with van der Waals surface area (Å²) in [5.41, 5.74) is 1.14. The molecule has 0 saturated carbocycles. The SMILES string of the molecule is COc1cc(C[NH2+][C@@H](C)CC(C)(C)c2ccc(C)o2)cc(OC)c1OC. The second kappa shape index (κ2) is 8.49. The van der Waals surface area contributed by atoms with Gasteiger partial charge in [0.2, 0.25) is 5.75 Å². The van der Waals surface area contributed by atoms with Crippen LogP contribution in [0.3, 0.4) is 0 Å². The molecule has 0 radical (unpaired) electrons. The summed E-state index contributed by atoms with van der Waals surface area (Å²) in [6.45, 7) is 9.53. The number of quaternary nitrogens is 1. The van der Waals surface area contributed by atoms with Crippen LogP contribution in [-0.4, -0.2) is 27.4 Å². The van der Waals surface area contributed by atoms with Gasteiger partial charge in [-0.25, -0.2) is 0 Å². The number of hydrogen-bond donors (Lipinski definition) is 1. The first kappa shape index (κ1) is 20.2. The van der Waals surface area contributed by atoms with Crippen molar-refractivity contribution in [3.05, 3.63) is 41.3 Å². The van der Waals surface area contributed by atoms with E-state index in [2.05, 4.69) is 32.2 Å². The van der Waals surface area contributed by atoms with E-state index in [1.807, 2.05) is 25.1 Å². The fraction of sp³-hybridized carbons (Fsp3) is 0.524. The van der Waals surface area contributed by atoms with Crippen LogP contribution in [0.25, 0.3) is 0 Å². The van der Waals surface area contributed by atoms with Gasteiger partial charge in [0.1, 0.15) is 18.1 Å². The quantitative estimate of drug-likeness (QED) is 0.742. The van der Waals surface area contributed by atoms with Crippen LogP contribution in [-0.2, 0) is 12.0 Å². The lowest BCUT2D eigenvalue weighted by atomic mass is 9.83. The lowest BCUT2D eigenvalue weighted by molar-refractivity contribution is -0.702. The standard InChI is InChI=1S/C21H31NO4/c1-14(12-21(3,4)19-9-8-15(2)26-19)22-13-16-10-17(23-5)20(25-7)18(11-16)24-6/h8-11,14,22H,12-13H2,1-7H3/p+1/t14-/m0/s1. The molecule has 0 aliphatic heterocycles. The third kappa shape index (κ3) is 4.73. The number of methoxy groups -OCH3 is 3. The molecule has 1 aromatic heterocycles. The maximum absolute atomic E-state index is 5.84. The third-order valence-corrected chi connectivity index (χ3v) is 4.72. The summed E-state index contributed by atoms with van der Waals surface area (Å²) in [7, 11) is 4.90. The normalized spacial score (nSPS) is 12.7. The molecule has 0 saturated heterocycles. The van der Waals surface area contributed by atoms with Gasteiger partial charge in [0.15, 0.2) is 11.5 Å². The Morgan fingerprint density at radius 1 is 1.04 bits per heavy atom. The van der Waals surface area contributed by atoms with E-state index in [0.717, 1.165) is 30.0 Å². The van der Waals surface area contributed by atoms with Crippen molar-refractivity contribution in [1.82, 2.24) is 0 Å². The van der Waals surface area contributed by atoms with Gasteiger partial charge in [-0.3, -0.25) is 0 Å². The molecule has 0 spiro atoms. The van der Waals surface area contributed by atoms with Gasteiger partial charge < -0.3 is 23.9 Å². The van der Waals surface area contributed by atoms with Crippen LogP contribution in [0, 0.1) is 6.92 Å². The van der Waals surface area contributed by atoms with Crippen LogP contribution in [0.4, 0.5) is 0 Å². The number of ether oxygens (including phenoxy) is 3. The molecule has 2 aromatic rings. The summed E-state index contributed by atoms with van der Waals surface area (Å²) in [6.07, 6.45) is 1.02. The fourth-order valence-electron chi connectivity index (χ4n) is 3.38. The highest BCUT2D eigenvalue weighted by atomic mass is 16.5. The summed E-state index contributed by atoms with van der Waals surface area (Å²) < 4.78 is 22.1. The summed E-state index contributed by atoms with van der Waals surface area (Å²) in [5.74, 6) is 4.01. The van der Waals surface area contributed by atoms with Gasteiger partial charge in [0, 0.05) is 17.4 Å². The van der Waals surface area contributed by atoms with Crippen molar-refractivity contribution in [2.75, 3.05) is 21.3 Å². The van der Waals surface area contributed by atoms with Gasteiger partial charge in [0.05, 0.1) is 27.4 Å². The molecule has 0 bridgehead atoms. The highest BCUT2D eigenvalue weighted by Crippen LogP contribution is 2.38. The molecule has 0 fully saturated rings. The van der Waals surface area contributed by atoms with E-state index in [1.165, 1.54) is 0 Å². The second-order valence-corrected chi connectivity index (χ2v) is 7.45. The van der Waals surface area contributed by atoms with Crippen LogP contribution >= 0.6 is 0 Å². The van der Waals surface area contributed by atoms with Crippen molar-refractivity contribution in [1.29, 1.82) is 0 Å². The zero-order chi connectivity index (χ0) is 19.3. The number of nitrogens with two attached hydrogens (primary N) is 1.